The second-order valence-electron chi connectivity index (χ2n) is 12.8. The summed E-state index contributed by atoms with van der Waals surface area (Å²) in [5.41, 5.74) is 0.511. The second kappa shape index (κ2) is 28.4. The van der Waals surface area contributed by atoms with Crippen molar-refractivity contribution < 1.29 is 38.0 Å². The molecule has 1 aromatic heterocycles. The molecule has 0 radical (unpaired) electrons. The number of aromatic nitrogens is 3. The summed E-state index contributed by atoms with van der Waals surface area (Å²) in [4.78, 5) is 12.7. The fraction of sp³-hybridized carbons (Fsp3) is 0.917. The first kappa shape index (κ1) is 43.6. The van der Waals surface area contributed by atoms with E-state index in [1.54, 1.807) is 4.68 Å². The van der Waals surface area contributed by atoms with Gasteiger partial charge in [-0.05, 0) is 32.6 Å². The van der Waals surface area contributed by atoms with Crippen molar-refractivity contribution in [3.63, 3.8) is 0 Å². The summed E-state index contributed by atoms with van der Waals surface area (Å²) >= 11 is 0. The highest BCUT2D eigenvalue weighted by molar-refractivity contribution is 5.84. The summed E-state index contributed by atoms with van der Waals surface area (Å²) in [5.74, 6) is 0.318. The molecule has 0 aliphatic rings. The second-order valence-corrected chi connectivity index (χ2v) is 12.8. The van der Waals surface area contributed by atoms with Crippen molar-refractivity contribution in [1.82, 2.24) is 15.0 Å². The Balaban J connectivity index is 1.96. The Morgan fingerprint density at radius 3 is 1.77 bits per heavy atom. The quantitative estimate of drug-likeness (QED) is 0.0732. The van der Waals surface area contributed by atoms with Gasteiger partial charge in [-0.1, -0.05) is 78.4 Å². The lowest BCUT2D eigenvalue weighted by atomic mass is 9.76. The number of nitrogens with zero attached hydrogens (tertiary/aromatic N) is 3. The van der Waals surface area contributed by atoms with Crippen LogP contribution >= 0.6 is 0 Å². The molecule has 0 saturated heterocycles. The van der Waals surface area contributed by atoms with E-state index in [9.17, 15) is 4.79 Å². The smallest absolute Gasteiger partial charge is 0.141 e. The van der Waals surface area contributed by atoms with Crippen molar-refractivity contribution in [2.75, 3.05) is 79.3 Å². The van der Waals surface area contributed by atoms with Crippen molar-refractivity contribution in [2.24, 2.45) is 5.41 Å². The monoisotopic (exact) mass is 672 g/mol. The predicted octanol–water partition coefficient (Wildman–Crippen LogP) is 6.60. The van der Waals surface area contributed by atoms with Crippen LogP contribution in [0.3, 0.4) is 0 Å². The molecule has 1 heterocycles. The SMILES string of the molecule is CCCCC(C)(CCC)OCCOCCOCCOCCn1cc(COCCOCCOCCC(=O)C(C)(CCC)CCCC)nn1. The molecule has 276 valence electrons. The highest BCUT2D eigenvalue weighted by atomic mass is 16.6. The first-order valence-electron chi connectivity index (χ1n) is 18.3. The summed E-state index contributed by atoms with van der Waals surface area (Å²) in [6.45, 7) is 20.2. The molecular formula is C36H69N3O8. The molecule has 11 nitrogen and oxygen atoms in total. The standard InChI is InChI=1S/C36H69N3O8/c1-7-11-16-35(5,14-9-3)34(40)13-19-41-21-23-44-27-28-46-32-33-31-39(38-37-33)18-20-42-22-24-43-25-26-45-29-30-47-36(6,15-10-4)17-12-8-2/h31H,7-30,32H2,1-6H3. The van der Waals surface area contributed by atoms with E-state index in [2.05, 4.69) is 51.9 Å². The van der Waals surface area contributed by atoms with Gasteiger partial charge in [0.15, 0.2) is 0 Å². The third-order valence-corrected chi connectivity index (χ3v) is 8.34. The first-order valence-corrected chi connectivity index (χ1v) is 18.3. The molecule has 0 saturated carbocycles. The number of hydrogen-bond donors (Lipinski definition) is 0. The topological polar surface area (TPSA) is 112 Å². The van der Waals surface area contributed by atoms with Crippen molar-refractivity contribution >= 4 is 5.78 Å². The van der Waals surface area contributed by atoms with Gasteiger partial charge in [0.2, 0.25) is 0 Å². The molecule has 1 aromatic rings. The van der Waals surface area contributed by atoms with Gasteiger partial charge >= 0.3 is 0 Å². The summed E-state index contributed by atoms with van der Waals surface area (Å²) < 4.78 is 41.6. The summed E-state index contributed by atoms with van der Waals surface area (Å²) in [6.07, 6.45) is 13.2. The Bertz CT molecular complexity index is 873. The fourth-order valence-corrected chi connectivity index (χ4v) is 5.52. The normalized spacial score (nSPS) is 14.3. The first-order chi connectivity index (χ1) is 22.8. The molecule has 2 atom stereocenters. The molecule has 11 heteroatoms. The van der Waals surface area contributed by atoms with E-state index in [0.717, 1.165) is 57.1 Å². The van der Waals surface area contributed by atoms with Crippen LogP contribution in [0.4, 0.5) is 0 Å². The number of Topliss-reactive ketones (excluding diaryl/α,β-unsaturated/α-hetero) is 1. The Hall–Kier alpha value is -1.47. The van der Waals surface area contributed by atoms with Crippen LogP contribution in [0.5, 0.6) is 0 Å². The number of hydrogen-bond acceptors (Lipinski definition) is 10. The summed E-state index contributed by atoms with van der Waals surface area (Å²) in [7, 11) is 0. The molecule has 0 aliphatic carbocycles. The number of carbonyl (C=O) groups is 1. The number of rotatable bonds is 35. The Morgan fingerprint density at radius 2 is 1.17 bits per heavy atom. The van der Waals surface area contributed by atoms with Crippen molar-refractivity contribution in [3.8, 4) is 0 Å². The van der Waals surface area contributed by atoms with Gasteiger partial charge in [0.05, 0.1) is 104 Å². The highest BCUT2D eigenvalue weighted by Gasteiger charge is 2.30. The molecule has 1 rings (SSSR count). The number of ketones is 1. The molecule has 0 aromatic carbocycles. The van der Waals surface area contributed by atoms with E-state index >= 15 is 0 Å². The van der Waals surface area contributed by atoms with Gasteiger partial charge in [-0.3, -0.25) is 4.79 Å². The minimum atomic E-state index is -0.214. The van der Waals surface area contributed by atoms with Gasteiger partial charge in [-0.15, -0.1) is 5.10 Å². The van der Waals surface area contributed by atoms with Gasteiger partial charge in [0.1, 0.15) is 11.5 Å². The Morgan fingerprint density at radius 1 is 0.638 bits per heavy atom. The molecule has 47 heavy (non-hydrogen) atoms. The van der Waals surface area contributed by atoms with Gasteiger partial charge in [-0.2, -0.15) is 0 Å². The maximum atomic E-state index is 12.7. The molecule has 2 unspecified atom stereocenters. The minimum absolute atomic E-state index is 0.0361. The average molecular weight is 672 g/mol. The van der Waals surface area contributed by atoms with Crippen LogP contribution < -0.4 is 0 Å². The van der Waals surface area contributed by atoms with Crippen LogP contribution in [0.25, 0.3) is 0 Å². The number of ether oxygens (including phenoxy) is 7. The van der Waals surface area contributed by atoms with Gasteiger partial charge < -0.3 is 33.2 Å². The molecule has 0 spiro atoms. The van der Waals surface area contributed by atoms with Crippen LogP contribution in [0.1, 0.15) is 118 Å². The van der Waals surface area contributed by atoms with Crippen molar-refractivity contribution in [3.05, 3.63) is 11.9 Å². The maximum absolute atomic E-state index is 12.7. The lowest BCUT2D eigenvalue weighted by molar-refractivity contribution is -0.130. The van der Waals surface area contributed by atoms with Crippen LogP contribution in [0.15, 0.2) is 6.20 Å². The summed E-state index contributed by atoms with van der Waals surface area (Å²) in [5, 5.41) is 8.27. The zero-order valence-corrected chi connectivity index (χ0v) is 30.9. The summed E-state index contributed by atoms with van der Waals surface area (Å²) in [6, 6.07) is 0. The van der Waals surface area contributed by atoms with Crippen LogP contribution in [0, 0.1) is 5.41 Å². The molecule has 0 aliphatic heterocycles. The van der Waals surface area contributed by atoms with E-state index in [1.807, 2.05) is 6.20 Å². The number of carbonyl (C=O) groups excluding carboxylic acids is 1. The molecule has 0 fully saturated rings. The molecule has 0 amide bonds. The van der Waals surface area contributed by atoms with E-state index in [0.29, 0.717) is 105 Å². The molecule has 0 bridgehead atoms. The Kier molecular flexibility index (Phi) is 26.3. The average Bonchev–Trinajstić information content (AvgIpc) is 3.51. The lowest BCUT2D eigenvalue weighted by Gasteiger charge is -2.29. The van der Waals surface area contributed by atoms with Crippen molar-refractivity contribution in [2.45, 2.75) is 131 Å². The van der Waals surface area contributed by atoms with Gasteiger partial charge in [-0.25, -0.2) is 4.68 Å². The van der Waals surface area contributed by atoms with E-state index in [4.69, 9.17) is 33.2 Å². The number of unbranched alkanes of at least 4 members (excludes halogenated alkanes) is 2. The van der Waals surface area contributed by atoms with Crippen LogP contribution in [-0.4, -0.2) is 106 Å². The maximum Gasteiger partial charge on any atom is 0.141 e. The largest absolute Gasteiger partial charge is 0.379 e. The highest BCUT2D eigenvalue weighted by Crippen LogP contribution is 2.32. The van der Waals surface area contributed by atoms with Gasteiger partial charge in [0.25, 0.3) is 0 Å². The third kappa shape index (κ3) is 22.0. The van der Waals surface area contributed by atoms with E-state index < -0.39 is 0 Å². The van der Waals surface area contributed by atoms with Gasteiger partial charge in [0, 0.05) is 11.8 Å². The minimum Gasteiger partial charge on any atom is -0.379 e. The predicted molar refractivity (Wildman–Crippen MR) is 185 cm³/mol. The van der Waals surface area contributed by atoms with E-state index in [-0.39, 0.29) is 11.0 Å². The fourth-order valence-electron chi connectivity index (χ4n) is 5.52. The Labute approximate surface area is 286 Å². The zero-order chi connectivity index (χ0) is 34.5. The zero-order valence-electron chi connectivity index (χ0n) is 30.9. The molecule has 0 N–H and O–H groups in total. The molecular weight excluding hydrogens is 602 g/mol. The van der Waals surface area contributed by atoms with Crippen LogP contribution in [0.2, 0.25) is 0 Å². The van der Waals surface area contributed by atoms with Crippen LogP contribution in [-0.2, 0) is 51.1 Å². The van der Waals surface area contributed by atoms with E-state index in [1.165, 1.54) is 12.8 Å². The van der Waals surface area contributed by atoms with Crippen molar-refractivity contribution in [1.29, 1.82) is 0 Å². The lowest BCUT2D eigenvalue weighted by Crippen LogP contribution is -2.30. The third-order valence-electron chi connectivity index (χ3n) is 8.34.